The van der Waals surface area contributed by atoms with E-state index in [1.807, 2.05) is 6.92 Å². The average molecular weight is 323 g/mol. The van der Waals surface area contributed by atoms with Crippen LogP contribution in [0.1, 0.15) is 13.3 Å². The number of ether oxygens (including phenoxy) is 2. The van der Waals surface area contributed by atoms with Gasteiger partial charge < -0.3 is 14.8 Å². The second kappa shape index (κ2) is 9.35. The molecule has 0 fully saturated rings. The minimum absolute atomic E-state index is 0.0582. The van der Waals surface area contributed by atoms with Crippen molar-refractivity contribution < 1.29 is 31.7 Å². The molecule has 0 aromatic heterocycles. The Labute approximate surface area is 124 Å². The fourth-order valence-corrected chi connectivity index (χ4v) is 1.78. The van der Waals surface area contributed by atoms with Gasteiger partial charge in [-0.25, -0.2) is 0 Å². The summed E-state index contributed by atoms with van der Waals surface area (Å²) < 4.78 is 35.2. The van der Waals surface area contributed by atoms with Gasteiger partial charge in [-0.15, -0.1) is 0 Å². The van der Waals surface area contributed by atoms with E-state index in [-0.39, 0.29) is 13.2 Å². The summed E-state index contributed by atoms with van der Waals surface area (Å²) in [5.74, 6) is -2.64. The second-order valence-corrected chi connectivity index (χ2v) is 5.67. The van der Waals surface area contributed by atoms with Crippen LogP contribution in [0.2, 0.25) is 0 Å². The number of allylic oxidation sites excluding steroid dienone is 1. The number of nitrogens with one attached hydrogen (secondary N) is 1. The monoisotopic (exact) mass is 323 g/mol. The molecule has 8 nitrogen and oxygen atoms in total. The van der Waals surface area contributed by atoms with E-state index in [1.54, 1.807) is 0 Å². The predicted octanol–water partition coefficient (Wildman–Crippen LogP) is -0.192. The Morgan fingerprint density at radius 1 is 1.19 bits per heavy atom. The molecule has 0 rings (SSSR count). The highest BCUT2D eigenvalue weighted by molar-refractivity contribution is 7.85. The molecule has 0 radical (unpaired) electrons. The maximum absolute atomic E-state index is 11.5. The topological polar surface area (TPSA) is 108 Å². The quantitative estimate of drug-likeness (QED) is 0.269. The van der Waals surface area contributed by atoms with Crippen LogP contribution in [0.4, 0.5) is 0 Å². The highest BCUT2D eigenvalue weighted by Gasteiger charge is 2.26. The summed E-state index contributed by atoms with van der Waals surface area (Å²) in [6.45, 7) is 1.96. The molecule has 0 amide bonds. The van der Waals surface area contributed by atoms with Crippen LogP contribution in [0.25, 0.3) is 0 Å². The Hall–Kier alpha value is -1.61. The van der Waals surface area contributed by atoms with Crippen molar-refractivity contribution in [1.82, 2.24) is 5.32 Å². The summed E-state index contributed by atoms with van der Waals surface area (Å²) in [7, 11) is -1.15. The number of carbonyl (C=O) groups is 2. The van der Waals surface area contributed by atoms with Crippen molar-refractivity contribution in [3.8, 4) is 0 Å². The molecule has 0 atom stereocenters. The first-order chi connectivity index (χ1) is 9.75. The first-order valence-electron chi connectivity index (χ1n) is 6.19. The predicted molar refractivity (Wildman–Crippen MR) is 74.7 cm³/mol. The summed E-state index contributed by atoms with van der Waals surface area (Å²) in [4.78, 5) is 23.1. The molecule has 0 saturated carbocycles. The first kappa shape index (κ1) is 19.4. The highest BCUT2D eigenvalue weighted by atomic mass is 32.2. The van der Waals surface area contributed by atoms with Crippen LogP contribution in [0.3, 0.4) is 0 Å². The molecule has 0 aliphatic heterocycles. The van der Waals surface area contributed by atoms with E-state index in [2.05, 4.69) is 19.0 Å². The third kappa shape index (κ3) is 8.30. The number of carbonyl (C=O) groups excluding carboxylic acids is 2. The largest absolute Gasteiger partial charge is 0.468 e. The first-order valence-corrected chi connectivity index (χ1v) is 8.01. The van der Waals surface area contributed by atoms with Crippen LogP contribution in [-0.2, 0) is 33.4 Å². The molecule has 0 aromatic rings. The average Bonchev–Trinajstić information content (AvgIpc) is 2.44. The molecule has 0 aliphatic rings. The van der Waals surface area contributed by atoms with Crippen molar-refractivity contribution in [2.45, 2.75) is 13.3 Å². The van der Waals surface area contributed by atoms with Crippen LogP contribution in [0.15, 0.2) is 11.8 Å². The van der Waals surface area contributed by atoms with Gasteiger partial charge in [0.1, 0.15) is 0 Å². The molecule has 1 N–H and O–H groups in total. The standard InChI is InChI=1S/C12H21NO7S/c1-5-9(13-6-7-20-21(4,16)17)8-10(11(14)18-2)12(15)19-3/h8,10,13H,5-7H2,1-4H3. The van der Waals surface area contributed by atoms with E-state index >= 15 is 0 Å². The fourth-order valence-electron chi connectivity index (χ4n) is 1.39. The molecule has 9 heteroatoms. The van der Waals surface area contributed by atoms with Gasteiger partial charge in [0.2, 0.25) is 0 Å². The van der Waals surface area contributed by atoms with E-state index in [1.165, 1.54) is 20.3 Å². The third-order valence-electron chi connectivity index (χ3n) is 2.41. The maximum atomic E-state index is 11.5. The fraction of sp³-hybridized carbons (Fsp3) is 0.667. The van der Waals surface area contributed by atoms with Gasteiger partial charge in [0.05, 0.1) is 27.1 Å². The Balaban J connectivity index is 4.72. The lowest BCUT2D eigenvalue weighted by molar-refractivity contribution is -0.156. The third-order valence-corrected chi connectivity index (χ3v) is 3.01. The smallest absolute Gasteiger partial charge is 0.324 e. The van der Waals surface area contributed by atoms with E-state index in [0.717, 1.165) is 6.26 Å². The second-order valence-electron chi connectivity index (χ2n) is 4.02. The molecule has 0 aliphatic carbocycles. The Morgan fingerprint density at radius 3 is 2.10 bits per heavy atom. The van der Waals surface area contributed by atoms with Gasteiger partial charge >= 0.3 is 11.9 Å². The zero-order chi connectivity index (χ0) is 16.5. The van der Waals surface area contributed by atoms with E-state index in [0.29, 0.717) is 12.1 Å². The molecule has 0 saturated heterocycles. The molecule has 0 heterocycles. The van der Waals surface area contributed by atoms with Gasteiger partial charge in [0.15, 0.2) is 5.92 Å². The van der Waals surface area contributed by atoms with Crippen molar-refractivity contribution >= 4 is 22.1 Å². The zero-order valence-corrected chi connectivity index (χ0v) is 13.4. The molecular weight excluding hydrogens is 302 g/mol. The number of methoxy groups -OCH3 is 2. The van der Waals surface area contributed by atoms with E-state index < -0.39 is 28.0 Å². The van der Waals surface area contributed by atoms with Crippen molar-refractivity contribution in [1.29, 1.82) is 0 Å². The van der Waals surface area contributed by atoms with Gasteiger partial charge in [-0.3, -0.25) is 13.8 Å². The number of esters is 2. The van der Waals surface area contributed by atoms with Gasteiger partial charge in [-0.2, -0.15) is 8.42 Å². The Kier molecular flexibility index (Phi) is 8.63. The Morgan fingerprint density at radius 2 is 1.71 bits per heavy atom. The van der Waals surface area contributed by atoms with Gasteiger partial charge in [-0.05, 0) is 12.5 Å². The van der Waals surface area contributed by atoms with Crippen LogP contribution in [-0.4, -0.2) is 54.0 Å². The molecule has 21 heavy (non-hydrogen) atoms. The summed E-state index contributed by atoms with van der Waals surface area (Å²) >= 11 is 0. The van der Waals surface area contributed by atoms with Crippen LogP contribution in [0, 0.1) is 5.92 Å². The number of hydrogen-bond acceptors (Lipinski definition) is 8. The summed E-state index contributed by atoms with van der Waals surface area (Å²) in [5, 5.41) is 2.89. The molecule has 0 bridgehead atoms. The zero-order valence-electron chi connectivity index (χ0n) is 12.5. The molecular formula is C12H21NO7S. The normalized spacial score (nSPS) is 12.1. The molecule has 0 aromatic carbocycles. The summed E-state index contributed by atoms with van der Waals surface area (Å²) in [6, 6.07) is 0. The van der Waals surface area contributed by atoms with Crippen LogP contribution < -0.4 is 5.32 Å². The van der Waals surface area contributed by atoms with E-state index in [4.69, 9.17) is 0 Å². The Bertz CT molecular complexity index is 468. The van der Waals surface area contributed by atoms with E-state index in [9.17, 15) is 18.0 Å². The number of hydrogen-bond donors (Lipinski definition) is 1. The number of rotatable bonds is 9. The lowest BCUT2D eigenvalue weighted by Gasteiger charge is -2.13. The SMILES string of the molecule is CCC(=CC(C(=O)OC)C(=O)OC)NCCOS(C)(=O)=O. The lowest BCUT2D eigenvalue weighted by atomic mass is 10.1. The lowest BCUT2D eigenvalue weighted by Crippen LogP contribution is -2.27. The van der Waals surface area contributed by atoms with Crippen molar-refractivity contribution in [2.24, 2.45) is 5.92 Å². The highest BCUT2D eigenvalue weighted by Crippen LogP contribution is 2.09. The van der Waals surface area contributed by atoms with Gasteiger partial charge in [0, 0.05) is 12.2 Å². The van der Waals surface area contributed by atoms with Gasteiger partial charge in [0.25, 0.3) is 10.1 Å². The molecule has 122 valence electrons. The molecule has 0 unspecified atom stereocenters. The van der Waals surface area contributed by atoms with Crippen LogP contribution in [0.5, 0.6) is 0 Å². The van der Waals surface area contributed by atoms with Gasteiger partial charge in [-0.1, -0.05) is 6.92 Å². The van der Waals surface area contributed by atoms with Crippen LogP contribution >= 0.6 is 0 Å². The molecule has 0 spiro atoms. The minimum Gasteiger partial charge on any atom is -0.468 e. The van der Waals surface area contributed by atoms with Crippen molar-refractivity contribution in [3.05, 3.63) is 11.8 Å². The van der Waals surface area contributed by atoms with Crippen molar-refractivity contribution in [3.63, 3.8) is 0 Å². The summed E-state index contributed by atoms with van der Waals surface area (Å²) in [5.41, 5.74) is 0.577. The summed E-state index contributed by atoms with van der Waals surface area (Å²) in [6.07, 6.45) is 2.84. The van der Waals surface area contributed by atoms with Crippen molar-refractivity contribution in [2.75, 3.05) is 33.6 Å². The minimum atomic E-state index is -3.49. The maximum Gasteiger partial charge on any atom is 0.324 e.